The van der Waals surface area contributed by atoms with Crippen molar-refractivity contribution in [3.63, 3.8) is 0 Å². The van der Waals surface area contributed by atoms with Crippen LogP contribution in [-0.4, -0.2) is 28.3 Å². The molecule has 0 unspecified atom stereocenters. The van der Waals surface area contributed by atoms with Crippen LogP contribution in [0.25, 0.3) is 22.4 Å². The highest BCUT2D eigenvalue weighted by Gasteiger charge is 2.37. The van der Waals surface area contributed by atoms with Gasteiger partial charge in [0, 0.05) is 41.9 Å². The molecule has 3 aromatic rings. The first-order valence-electron chi connectivity index (χ1n) is 8.26. The molecule has 0 radical (unpaired) electrons. The van der Waals surface area contributed by atoms with E-state index >= 15 is 0 Å². The van der Waals surface area contributed by atoms with Crippen LogP contribution < -0.4 is 0 Å². The monoisotopic (exact) mass is 341 g/mol. The minimum absolute atomic E-state index is 0.245. The fourth-order valence-electron chi connectivity index (χ4n) is 3.58. The summed E-state index contributed by atoms with van der Waals surface area (Å²) in [5.74, 6) is 0.911. The van der Waals surface area contributed by atoms with Gasteiger partial charge in [0.15, 0.2) is 5.82 Å². The van der Waals surface area contributed by atoms with E-state index in [1.165, 1.54) is 19.3 Å². The predicted octanol–water partition coefficient (Wildman–Crippen LogP) is 4.57. The Bertz CT molecular complexity index is 870. The maximum absolute atomic E-state index is 6.05. The number of pyridine rings is 1. The van der Waals surface area contributed by atoms with E-state index in [9.17, 15) is 0 Å². The minimum atomic E-state index is 0.245. The average Bonchev–Trinajstić information content (AvgIpc) is 3.00. The van der Waals surface area contributed by atoms with Crippen LogP contribution in [0.4, 0.5) is 0 Å². The highest BCUT2D eigenvalue weighted by Crippen LogP contribution is 2.43. The number of hydrogen-bond acceptors (Lipinski definition) is 3. The van der Waals surface area contributed by atoms with Crippen LogP contribution in [0.1, 0.15) is 19.3 Å². The fraction of sp³-hybridized carbons (Fsp3) is 0.368. The summed E-state index contributed by atoms with van der Waals surface area (Å²) in [6.07, 6.45) is 7.59. The lowest BCUT2D eigenvalue weighted by Crippen LogP contribution is -2.38. The fourth-order valence-corrected chi connectivity index (χ4v) is 3.76. The molecule has 0 saturated heterocycles. The van der Waals surface area contributed by atoms with E-state index in [4.69, 9.17) is 21.3 Å². The van der Waals surface area contributed by atoms with Crippen LogP contribution in [0.3, 0.4) is 0 Å². The van der Waals surface area contributed by atoms with Gasteiger partial charge in [0.25, 0.3) is 0 Å². The number of nitrogens with zero attached hydrogens (tertiary/aromatic N) is 3. The third-order valence-electron chi connectivity index (χ3n) is 4.97. The molecule has 2 heterocycles. The second-order valence-electron chi connectivity index (χ2n) is 6.70. The number of hydrogen-bond donors (Lipinski definition) is 0. The van der Waals surface area contributed by atoms with Crippen LogP contribution in [0.5, 0.6) is 0 Å². The lowest BCUT2D eigenvalue weighted by molar-refractivity contribution is 0.00371. The summed E-state index contributed by atoms with van der Waals surface area (Å²) in [6, 6.07) is 9.82. The third-order valence-corrected chi connectivity index (χ3v) is 5.20. The molecule has 0 aliphatic heterocycles. The van der Waals surface area contributed by atoms with Gasteiger partial charge in [-0.3, -0.25) is 0 Å². The van der Waals surface area contributed by atoms with E-state index in [-0.39, 0.29) is 5.41 Å². The summed E-state index contributed by atoms with van der Waals surface area (Å²) in [5.41, 5.74) is 2.07. The first-order chi connectivity index (χ1) is 11.7. The maximum atomic E-state index is 6.05. The van der Waals surface area contributed by atoms with Gasteiger partial charge in [-0.2, -0.15) is 0 Å². The zero-order valence-corrected chi connectivity index (χ0v) is 14.5. The number of rotatable bonds is 5. The van der Waals surface area contributed by atoms with Crippen LogP contribution >= 0.6 is 11.6 Å². The summed E-state index contributed by atoms with van der Waals surface area (Å²) in [4.78, 5) is 9.31. The maximum Gasteiger partial charge on any atom is 0.158 e. The van der Waals surface area contributed by atoms with Crippen LogP contribution in [0.2, 0.25) is 5.02 Å². The number of methoxy groups -OCH3 is 1. The van der Waals surface area contributed by atoms with E-state index in [1.54, 1.807) is 7.11 Å². The van der Waals surface area contributed by atoms with E-state index in [1.807, 2.05) is 36.7 Å². The molecule has 24 heavy (non-hydrogen) atoms. The number of halogens is 1. The Morgan fingerprint density at radius 2 is 2.12 bits per heavy atom. The number of fused-ring (bicyclic) bond motifs is 1. The molecule has 1 aromatic carbocycles. The Balaban J connectivity index is 1.68. The lowest BCUT2D eigenvalue weighted by atomic mass is 9.69. The Labute approximate surface area is 146 Å². The topological polar surface area (TPSA) is 39.9 Å². The largest absolute Gasteiger partial charge is 0.384 e. The third kappa shape index (κ3) is 2.80. The highest BCUT2D eigenvalue weighted by molar-refractivity contribution is 6.31. The quantitative estimate of drug-likeness (QED) is 0.682. The van der Waals surface area contributed by atoms with Gasteiger partial charge in [-0.05, 0) is 37.1 Å². The molecule has 1 fully saturated rings. The molecule has 0 atom stereocenters. The van der Waals surface area contributed by atoms with Crippen molar-refractivity contribution >= 4 is 22.5 Å². The van der Waals surface area contributed by atoms with Crippen molar-refractivity contribution in [2.75, 3.05) is 13.7 Å². The minimum Gasteiger partial charge on any atom is -0.384 e. The molecule has 5 heteroatoms. The van der Waals surface area contributed by atoms with Gasteiger partial charge in [-0.1, -0.05) is 24.1 Å². The van der Waals surface area contributed by atoms with E-state index in [2.05, 4.69) is 15.6 Å². The molecule has 0 bridgehead atoms. The van der Waals surface area contributed by atoms with Gasteiger partial charge in [-0.25, -0.2) is 9.97 Å². The van der Waals surface area contributed by atoms with Gasteiger partial charge in [0.1, 0.15) is 5.69 Å². The van der Waals surface area contributed by atoms with Crippen molar-refractivity contribution in [2.24, 2.45) is 5.41 Å². The molecular weight excluding hydrogens is 322 g/mol. The van der Waals surface area contributed by atoms with Crippen molar-refractivity contribution in [1.29, 1.82) is 0 Å². The second-order valence-corrected chi connectivity index (χ2v) is 7.14. The lowest BCUT2D eigenvalue weighted by Gasteiger charge is -2.41. The van der Waals surface area contributed by atoms with Gasteiger partial charge >= 0.3 is 0 Å². The molecule has 0 amide bonds. The normalized spacial score (nSPS) is 16.2. The molecule has 2 aromatic heterocycles. The Morgan fingerprint density at radius 3 is 2.88 bits per heavy atom. The molecule has 0 spiro atoms. The van der Waals surface area contributed by atoms with E-state index < -0.39 is 0 Å². The van der Waals surface area contributed by atoms with Gasteiger partial charge in [0.2, 0.25) is 0 Å². The SMILES string of the molecule is COCC1(Cn2ccnc2-c2ccc3cc(Cl)ccc3n2)CCC1. The van der Waals surface area contributed by atoms with Crippen molar-refractivity contribution in [3.05, 3.63) is 47.7 Å². The van der Waals surface area contributed by atoms with Crippen molar-refractivity contribution < 1.29 is 4.74 Å². The standard InChI is InChI=1S/C19H20ClN3O/c1-24-13-19(7-2-8-19)12-23-10-9-21-18(23)17-5-3-14-11-15(20)4-6-16(14)22-17/h3-6,9-11H,2,7-8,12-13H2,1H3. The molecule has 1 saturated carbocycles. The Hall–Kier alpha value is -1.91. The zero-order chi connectivity index (χ0) is 16.6. The first-order valence-corrected chi connectivity index (χ1v) is 8.64. The smallest absolute Gasteiger partial charge is 0.158 e. The molecule has 124 valence electrons. The number of benzene rings is 1. The van der Waals surface area contributed by atoms with Crippen molar-refractivity contribution in [3.8, 4) is 11.5 Å². The number of imidazole rings is 1. The van der Waals surface area contributed by atoms with Crippen LogP contribution in [0.15, 0.2) is 42.7 Å². The Morgan fingerprint density at radius 1 is 1.25 bits per heavy atom. The van der Waals surface area contributed by atoms with Gasteiger partial charge in [-0.15, -0.1) is 0 Å². The Kier molecular flexibility index (Phi) is 4.02. The van der Waals surface area contributed by atoms with Crippen molar-refractivity contribution in [1.82, 2.24) is 14.5 Å². The number of aromatic nitrogens is 3. The summed E-state index contributed by atoms with van der Waals surface area (Å²) < 4.78 is 7.66. The zero-order valence-electron chi connectivity index (χ0n) is 13.7. The summed E-state index contributed by atoms with van der Waals surface area (Å²) in [7, 11) is 1.78. The number of ether oxygens (including phenoxy) is 1. The summed E-state index contributed by atoms with van der Waals surface area (Å²) >= 11 is 6.05. The van der Waals surface area contributed by atoms with Gasteiger partial charge < -0.3 is 9.30 Å². The molecule has 0 N–H and O–H groups in total. The molecular formula is C19H20ClN3O. The van der Waals surface area contributed by atoms with E-state index in [0.29, 0.717) is 0 Å². The second kappa shape index (κ2) is 6.19. The molecule has 4 nitrogen and oxygen atoms in total. The summed E-state index contributed by atoms with van der Waals surface area (Å²) in [6.45, 7) is 1.73. The van der Waals surface area contributed by atoms with Gasteiger partial charge in [0.05, 0.1) is 12.1 Å². The molecule has 4 rings (SSSR count). The first kappa shape index (κ1) is 15.6. The predicted molar refractivity (Wildman–Crippen MR) is 96.1 cm³/mol. The van der Waals surface area contributed by atoms with Crippen LogP contribution in [0, 0.1) is 5.41 Å². The van der Waals surface area contributed by atoms with Crippen molar-refractivity contribution in [2.45, 2.75) is 25.8 Å². The van der Waals surface area contributed by atoms with Crippen LogP contribution in [-0.2, 0) is 11.3 Å². The highest BCUT2D eigenvalue weighted by atomic mass is 35.5. The summed E-state index contributed by atoms with van der Waals surface area (Å²) in [5, 5.41) is 1.77. The molecule has 1 aliphatic carbocycles. The average molecular weight is 342 g/mol. The van der Waals surface area contributed by atoms with E-state index in [0.717, 1.165) is 40.6 Å². The molecule has 1 aliphatic rings.